The smallest absolute Gasteiger partial charge is 0.348 e. The number of aromatic amines is 1. The van der Waals surface area contributed by atoms with Gasteiger partial charge in [-0.1, -0.05) is 6.07 Å². The molecule has 1 N–H and O–H groups in total. The molecule has 0 radical (unpaired) electrons. The van der Waals surface area contributed by atoms with Crippen molar-refractivity contribution >= 4 is 0 Å². The second-order valence-corrected chi connectivity index (χ2v) is 6.80. The van der Waals surface area contributed by atoms with Gasteiger partial charge >= 0.3 is 5.69 Å². The molecule has 0 aliphatic carbocycles. The van der Waals surface area contributed by atoms with Crippen molar-refractivity contribution in [3.8, 4) is 11.4 Å². The summed E-state index contributed by atoms with van der Waals surface area (Å²) >= 11 is 0. The maximum atomic E-state index is 12.3. The molecule has 7 nitrogen and oxygen atoms in total. The van der Waals surface area contributed by atoms with E-state index in [1.54, 1.807) is 7.11 Å². The predicted molar refractivity (Wildman–Crippen MR) is 102 cm³/mol. The van der Waals surface area contributed by atoms with Crippen LogP contribution in [0, 0.1) is 0 Å². The van der Waals surface area contributed by atoms with Crippen LogP contribution in [0.4, 0.5) is 0 Å². The molecule has 0 bridgehead atoms. The molecule has 3 heterocycles. The van der Waals surface area contributed by atoms with Gasteiger partial charge < -0.3 is 4.74 Å². The topological polar surface area (TPSA) is 76.0 Å². The number of hydrogen-bond donors (Lipinski definition) is 1. The van der Waals surface area contributed by atoms with Crippen molar-refractivity contribution in [3.63, 3.8) is 0 Å². The first-order valence-electron chi connectivity index (χ1n) is 9.19. The molecule has 0 atom stereocenters. The first kappa shape index (κ1) is 17.5. The van der Waals surface area contributed by atoms with Crippen molar-refractivity contribution in [2.75, 3.05) is 20.2 Å². The Morgan fingerprint density at radius 2 is 1.93 bits per heavy atom. The van der Waals surface area contributed by atoms with Crippen LogP contribution in [0.2, 0.25) is 0 Å². The van der Waals surface area contributed by atoms with Crippen LogP contribution >= 0.6 is 0 Å². The van der Waals surface area contributed by atoms with Crippen LogP contribution in [0.3, 0.4) is 0 Å². The zero-order valence-electron chi connectivity index (χ0n) is 15.3. The number of hydrogen-bond acceptors (Lipinski definition) is 5. The lowest BCUT2D eigenvalue weighted by molar-refractivity contribution is 0.199. The molecule has 7 heteroatoms. The van der Waals surface area contributed by atoms with Gasteiger partial charge in [0.15, 0.2) is 0 Å². The van der Waals surface area contributed by atoms with E-state index in [2.05, 4.69) is 26.0 Å². The van der Waals surface area contributed by atoms with Crippen molar-refractivity contribution in [2.24, 2.45) is 0 Å². The summed E-state index contributed by atoms with van der Waals surface area (Å²) in [7, 11) is 1.62. The summed E-state index contributed by atoms with van der Waals surface area (Å²) in [5, 5.41) is 4.55. The van der Waals surface area contributed by atoms with E-state index < -0.39 is 0 Å². The van der Waals surface area contributed by atoms with Gasteiger partial charge in [-0.25, -0.2) is 4.79 Å². The fraction of sp³-hybridized carbons (Fsp3) is 0.350. The third-order valence-electron chi connectivity index (χ3n) is 5.04. The van der Waals surface area contributed by atoms with E-state index in [9.17, 15) is 4.79 Å². The van der Waals surface area contributed by atoms with Gasteiger partial charge in [0.05, 0.1) is 18.5 Å². The Morgan fingerprint density at radius 1 is 1.15 bits per heavy atom. The third kappa shape index (κ3) is 3.93. The summed E-state index contributed by atoms with van der Waals surface area (Å²) in [5.74, 6) is 1.80. The van der Waals surface area contributed by atoms with Crippen molar-refractivity contribution in [1.82, 2.24) is 24.6 Å². The Balaban J connectivity index is 1.42. The largest absolute Gasteiger partial charge is 0.497 e. The molecule has 3 aromatic rings. The first-order chi connectivity index (χ1) is 13.2. The van der Waals surface area contributed by atoms with Gasteiger partial charge in [-0.15, -0.1) is 5.10 Å². The van der Waals surface area contributed by atoms with Gasteiger partial charge in [0.2, 0.25) is 0 Å². The lowest BCUT2D eigenvalue weighted by Crippen LogP contribution is -2.33. The monoisotopic (exact) mass is 365 g/mol. The van der Waals surface area contributed by atoms with Crippen molar-refractivity contribution < 1.29 is 4.74 Å². The highest BCUT2D eigenvalue weighted by Crippen LogP contribution is 2.26. The summed E-state index contributed by atoms with van der Waals surface area (Å²) in [6.07, 6.45) is 3.78. The summed E-state index contributed by atoms with van der Waals surface area (Å²) < 4.78 is 6.59. The average Bonchev–Trinajstić information content (AvgIpc) is 3.11. The number of likely N-dealkylation sites (tertiary alicyclic amines) is 1. The predicted octanol–water partition coefficient (Wildman–Crippen LogP) is 2.34. The summed E-state index contributed by atoms with van der Waals surface area (Å²) in [5.41, 5.74) is 1.62. The minimum atomic E-state index is -0.203. The molecule has 0 saturated carbocycles. The van der Waals surface area contributed by atoms with E-state index in [4.69, 9.17) is 4.74 Å². The molecule has 0 unspecified atom stereocenters. The fourth-order valence-electron chi connectivity index (χ4n) is 3.51. The number of nitrogens with one attached hydrogen (secondary N) is 1. The maximum Gasteiger partial charge on any atom is 0.348 e. The summed E-state index contributed by atoms with van der Waals surface area (Å²) in [6.45, 7) is 2.81. The van der Waals surface area contributed by atoms with Gasteiger partial charge in [0.1, 0.15) is 11.6 Å². The van der Waals surface area contributed by atoms with Gasteiger partial charge in [-0.2, -0.15) is 4.68 Å². The zero-order chi connectivity index (χ0) is 18.6. The van der Waals surface area contributed by atoms with Crippen molar-refractivity contribution in [1.29, 1.82) is 0 Å². The van der Waals surface area contributed by atoms with E-state index in [1.165, 1.54) is 4.68 Å². The number of aromatic nitrogens is 4. The standard InChI is InChI=1S/C20H23N5O2/c1-27-18-7-5-17(6-8-18)25-20(26)22-19(23-25)15-9-12-24(13-10-15)14-16-4-2-3-11-21-16/h2-8,11,15H,9-10,12-14H2,1H3,(H,22,23,26). The highest BCUT2D eigenvalue weighted by molar-refractivity contribution is 5.36. The van der Waals surface area contributed by atoms with E-state index in [0.717, 1.165) is 55.4 Å². The number of ether oxygens (including phenoxy) is 1. The lowest BCUT2D eigenvalue weighted by Gasteiger charge is -2.30. The summed E-state index contributed by atoms with van der Waals surface area (Å²) in [6, 6.07) is 13.3. The van der Waals surface area contributed by atoms with E-state index in [-0.39, 0.29) is 11.6 Å². The van der Waals surface area contributed by atoms with Crippen LogP contribution in [0.5, 0.6) is 5.75 Å². The molecule has 27 heavy (non-hydrogen) atoms. The number of benzene rings is 1. The Morgan fingerprint density at radius 3 is 2.59 bits per heavy atom. The number of piperidine rings is 1. The van der Waals surface area contributed by atoms with Crippen molar-refractivity contribution in [2.45, 2.75) is 25.3 Å². The van der Waals surface area contributed by atoms with Gasteiger partial charge in [-0.3, -0.25) is 14.9 Å². The minimum Gasteiger partial charge on any atom is -0.497 e. The van der Waals surface area contributed by atoms with E-state index in [1.807, 2.05) is 42.6 Å². The van der Waals surface area contributed by atoms with Crippen LogP contribution in [-0.4, -0.2) is 44.8 Å². The zero-order valence-corrected chi connectivity index (χ0v) is 15.3. The number of pyridine rings is 1. The highest BCUT2D eigenvalue weighted by atomic mass is 16.5. The SMILES string of the molecule is COc1ccc(-n2nc(C3CCN(Cc4ccccn4)CC3)[nH]c2=O)cc1. The molecular formula is C20H23N5O2. The Bertz CT molecular complexity index is 925. The Kier molecular flexibility index (Phi) is 5.02. The molecule has 1 aliphatic heterocycles. The van der Waals surface area contributed by atoms with Gasteiger partial charge in [0, 0.05) is 18.7 Å². The highest BCUT2D eigenvalue weighted by Gasteiger charge is 2.24. The number of nitrogens with zero attached hydrogens (tertiary/aromatic N) is 4. The van der Waals surface area contributed by atoms with Crippen LogP contribution in [0.25, 0.3) is 5.69 Å². The molecule has 4 rings (SSSR count). The molecule has 1 fully saturated rings. The molecule has 1 aliphatic rings. The Hall–Kier alpha value is -2.93. The first-order valence-corrected chi connectivity index (χ1v) is 9.19. The molecule has 140 valence electrons. The van der Waals surface area contributed by atoms with E-state index >= 15 is 0 Å². The number of H-pyrrole nitrogens is 1. The van der Waals surface area contributed by atoms with Crippen LogP contribution in [0.15, 0.2) is 53.5 Å². The molecule has 0 amide bonds. The van der Waals surface area contributed by atoms with Crippen LogP contribution < -0.4 is 10.4 Å². The average molecular weight is 365 g/mol. The fourth-order valence-corrected chi connectivity index (χ4v) is 3.51. The molecule has 1 saturated heterocycles. The molecular weight excluding hydrogens is 342 g/mol. The molecule has 0 spiro atoms. The number of methoxy groups -OCH3 is 1. The van der Waals surface area contributed by atoms with Crippen LogP contribution in [0.1, 0.15) is 30.3 Å². The second kappa shape index (κ2) is 7.75. The minimum absolute atomic E-state index is 0.203. The van der Waals surface area contributed by atoms with Gasteiger partial charge in [-0.05, 0) is 62.3 Å². The molecule has 2 aromatic heterocycles. The van der Waals surface area contributed by atoms with Crippen LogP contribution in [-0.2, 0) is 6.54 Å². The Labute approximate surface area is 157 Å². The van der Waals surface area contributed by atoms with Crippen molar-refractivity contribution in [3.05, 3.63) is 70.7 Å². The summed E-state index contributed by atoms with van der Waals surface area (Å²) in [4.78, 5) is 22.1. The lowest BCUT2D eigenvalue weighted by atomic mass is 9.96. The maximum absolute atomic E-state index is 12.3. The quantitative estimate of drug-likeness (QED) is 0.751. The number of rotatable bonds is 5. The third-order valence-corrected chi connectivity index (χ3v) is 5.04. The second-order valence-electron chi connectivity index (χ2n) is 6.80. The molecule has 1 aromatic carbocycles. The van der Waals surface area contributed by atoms with Gasteiger partial charge in [0.25, 0.3) is 0 Å². The van der Waals surface area contributed by atoms with E-state index in [0.29, 0.717) is 0 Å². The normalized spacial score (nSPS) is 15.7.